The molecule has 0 aromatic heterocycles. The lowest BCUT2D eigenvalue weighted by Crippen LogP contribution is -2.45. The molecule has 1 aliphatic rings. The number of carbonyl (C=O) groups is 1. The van der Waals surface area contributed by atoms with Gasteiger partial charge in [0.05, 0.1) is 11.6 Å². The van der Waals surface area contributed by atoms with Crippen molar-refractivity contribution in [2.45, 2.75) is 45.8 Å². The second kappa shape index (κ2) is 8.15. The van der Waals surface area contributed by atoms with E-state index in [-0.39, 0.29) is 24.0 Å². The first-order chi connectivity index (χ1) is 13.3. The molecule has 28 heavy (non-hydrogen) atoms. The summed E-state index contributed by atoms with van der Waals surface area (Å²) in [5.41, 5.74) is 4.50. The number of thiocarbonyl (C=S) groups is 1. The molecule has 0 fully saturated rings. The molecule has 2 aromatic rings. The highest BCUT2D eigenvalue weighted by molar-refractivity contribution is 7.80. The van der Waals surface area contributed by atoms with Gasteiger partial charge in [-0.25, -0.2) is 4.79 Å². The molecular formula is C23H26N2O2S. The highest BCUT2D eigenvalue weighted by Crippen LogP contribution is 2.30. The van der Waals surface area contributed by atoms with Gasteiger partial charge in [-0.15, -0.1) is 0 Å². The molecule has 1 aliphatic heterocycles. The molecule has 0 bridgehead atoms. The van der Waals surface area contributed by atoms with Crippen molar-refractivity contribution in [1.82, 2.24) is 10.6 Å². The summed E-state index contributed by atoms with van der Waals surface area (Å²) in [6.07, 6.45) is 0. The first-order valence-corrected chi connectivity index (χ1v) is 9.76. The number of hydrogen-bond acceptors (Lipinski definition) is 3. The SMILES string of the molecule is CC1=C(C(=O)OCc2ccccc2)[C@@H](c2ccc(C(C)(C)C)cc2)NC(=S)N1. The summed E-state index contributed by atoms with van der Waals surface area (Å²) in [6.45, 7) is 8.61. The standard InChI is InChI=1S/C23H26N2O2S/c1-15-19(21(26)27-14-16-8-6-5-7-9-16)20(25-22(28)24-15)17-10-12-18(13-11-17)23(2,3)4/h5-13,20H,14H2,1-4H3,(H2,24,25,28)/t20-/m1/s1. The summed E-state index contributed by atoms with van der Waals surface area (Å²) in [4.78, 5) is 12.9. The summed E-state index contributed by atoms with van der Waals surface area (Å²) in [6, 6.07) is 17.6. The lowest BCUT2D eigenvalue weighted by Gasteiger charge is -2.30. The molecule has 146 valence electrons. The summed E-state index contributed by atoms with van der Waals surface area (Å²) >= 11 is 5.32. The minimum absolute atomic E-state index is 0.0680. The Kier molecular flexibility index (Phi) is 5.84. The van der Waals surface area contributed by atoms with E-state index in [1.807, 2.05) is 49.4 Å². The van der Waals surface area contributed by atoms with Gasteiger partial charge in [0.15, 0.2) is 5.11 Å². The van der Waals surface area contributed by atoms with Gasteiger partial charge < -0.3 is 15.4 Å². The van der Waals surface area contributed by atoms with Gasteiger partial charge in [0, 0.05) is 5.70 Å². The van der Waals surface area contributed by atoms with E-state index < -0.39 is 0 Å². The molecular weight excluding hydrogens is 368 g/mol. The molecule has 1 heterocycles. The van der Waals surface area contributed by atoms with Crippen LogP contribution in [0.5, 0.6) is 0 Å². The monoisotopic (exact) mass is 394 g/mol. The molecule has 5 heteroatoms. The van der Waals surface area contributed by atoms with Crippen molar-refractivity contribution in [3.63, 3.8) is 0 Å². The Morgan fingerprint density at radius 1 is 1.07 bits per heavy atom. The van der Waals surface area contributed by atoms with Crippen molar-refractivity contribution in [1.29, 1.82) is 0 Å². The van der Waals surface area contributed by atoms with Crippen LogP contribution in [0.3, 0.4) is 0 Å². The minimum atomic E-state index is -0.353. The summed E-state index contributed by atoms with van der Waals surface area (Å²) in [5.74, 6) is -0.353. The third kappa shape index (κ3) is 4.60. The van der Waals surface area contributed by atoms with Crippen LogP contribution in [0, 0.1) is 0 Å². The summed E-state index contributed by atoms with van der Waals surface area (Å²) in [7, 11) is 0. The lowest BCUT2D eigenvalue weighted by atomic mass is 9.85. The number of carbonyl (C=O) groups excluding carboxylic acids is 1. The van der Waals surface area contributed by atoms with Crippen LogP contribution in [0.25, 0.3) is 0 Å². The van der Waals surface area contributed by atoms with Crippen molar-refractivity contribution >= 4 is 23.3 Å². The lowest BCUT2D eigenvalue weighted by molar-refractivity contribution is -0.140. The van der Waals surface area contributed by atoms with Gasteiger partial charge in [-0.05, 0) is 41.2 Å². The Morgan fingerprint density at radius 2 is 1.71 bits per heavy atom. The van der Waals surface area contributed by atoms with Gasteiger partial charge in [-0.1, -0.05) is 75.4 Å². The van der Waals surface area contributed by atoms with E-state index in [0.717, 1.165) is 11.1 Å². The number of benzene rings is 2. The van der Waals surface area contributed by atoms with Crippen LogP contribution in [0.15, 0.2) is 65.9 Å². The molecule has 0 amide bonds. The topological polar surface area (TPSA) is 50.4 Å². The number of ether oxygens (including phenoxy) is 1. The van der Waals surface area contributed by atoms with Crippen molar-refractivity contribution in [3.8, 4) is 0 Å². The predicted molar refractivity (Wildman–Crippen MR) is 116 cm³/mol. The number of hydrogen-bond donors (Lipinski definition) is 2. The Balaban J connectivity index is 1.85. The molecule has 0 spiro atoms. The normalized spacial score (nSPS) is 17.0. The Morgan fingerprint density at radius 3 is 2.32 bits per heavy atom. The maximum atomic E-state index is 12.9. The van der Waals surface area contributed by atoms with E-state index in [0.29, 0.717) is 16.4 Å². The number of rotatable bonds is 4. The second-order valence-electron chi connectivity index (χ2n) is 8.00. The Labute approximate surface area is 172 Å². The number of allylic oxidation sites excluding steroid dienone is 1. The zero-order valence-corrected chi connectivity index (χ0v) is 17.5. The van der Waals surface area contributed by atoms with Gasteiger partial charge in [-0.3, -0.25) is 0 Å². The van der Waals surface area contributed by atoms with Crippen molar-refractivity contribution < 1.29 is 9.53 Å². The summed E-state index contributed by atoms with van der Waals surface area (Å²) < 4.78 is 5.58. The van der Waals surface area contributed by atoms with Crippen LogP contribution >= 0.6 is 12.2 Å². The maximum absolute atomic E-state index is 12.9. The molecule has 4 nitrogen and oxygen atoms in total. The Hall–Kier alpha value is -2.66. The van der Waals surface area contributed by atoms with E-state index in [9.17, 15) is 4.79 Å². The zero-order chi connectivity index (χ0) is 20.3. The molecule has 2 aromatic carbocycles. The quantitative estimate of drug-likeness (QED) is 0.590. The first-order valence-electron chi connectivity index (χ1n) is 9.35. The third-order valence-electron chi connectivity index (χ3n) is 4.81. The largest absolute Gasteiger partial charge is 0.457 e. The van der Waals surface area contributed by atoms with E-state index in [1.165, 1.54) is 5.56 Å². The first kappa shape index (κ1) is 20.1. The number of esters is 1. The predicted octanol–water partition coefficient (Wildman–Crippen LogP) is 4.52. The maximum Gasteiger partial charge on any atom is 0.338 e. The van der Waals surface area contributed by atoms with E-state index >= 15 is 0 Å². The van der Waals surface area contributed by atoms with Gasteiger partial charge in [-0.2, -0.15) is 0 Å². The van der Waals surface area contributed by atoms with Gasteiger partial charge in [0.2, 0.25) is 0 Å². The van der Waals surface area contributed by atoms with Gasteiger partial charge >= 0.3 is 5.97 Å². The van der Waals surface area contributed by atoms with Crippen LogP contribution in [-0.2, 0) is 21.6 Å². The van der Waals surface area contributed by atoms with Crippen LogP contribution < -0.4 is 10.6 Å². The molecule has 2 N–H and O–H groups in total. The molecule has 0 radical (unpaired) electrons. The third-order valence-corrected chi connectivity index (χ3v) is 5.03. The van der Waals surface area contributed by atoms with E-state index in [4.69, 9.17) is 17.0 Å². The van der Waals surface area contributed by atoms with Crippen LogP contribution in [0.4, 0.5) is 0 Å². The fraction of sp³-hybridized carbons (Fsp3) is 0.304. The molecule has 1 atom stereocenters. The average Bonchev–Trinajstić information content (AvgIpc) is 2.66. The minimum Gasteiger partial charge on any atom is -0.457 e. The number of nitrogens with one attached hydrogen (secondary N) is 2. The van der Waals surface area contributed by atoms with Crippen LogP contribution in [0.2, 0.25) is 0 Å². The van der Waals surface area contributed by atoms with E-state index in [2.05, 4.69) is 43.5 Å². The van der Waals surface area contributed by atoms with Gasteiger partial charge in [0.25, 0.3) is 0 Å². The molecule has 0 saturated carbocycles. The summed E-state index contributed by atoms with van der Waals surface area (Å²) in [5, 5.41) is 6.76. The zero-order valence-electron chi connectivity index (χ0n) is 16.7. The highest BCUT2D eigenvalue weighted by Gasteiger charge is 2.31. The second-order valence-corrected chi connectivity index (χ2v) is 8.41. The van der Waals surface area contributed by atoms with Gasteiger partial charge in [0.1, 0.15) is 6.61 Å². The van der Waals surface area contributed by atoms with Crippen molar-refractivity contribution in [2.75, 3.05) is 0 Å². The van der Waals surface area contributed by atoms with Crippen molar-refractivity contribution in [3.05, 3.63) is 82.6 Å². The van der Waals surface area contributed by atoms with Crippen LogP contribution in [0.1, 0.15) is 50.4 Å². The molecule has 0 unspecified atom stereocenters. The smallest absolute Gasteiger partial charge is 0.338 e. The average molecular weight is 395 g/mol. The molecule has 0 aliphatic carbocycles. The van der Waals surface area contributed by atoms with Crippen LogP contribution in [-0.4, -0.2) is 11.1 Å². The molecule has 0 saturated heterocycles. The van der Waals surface area contributed by atoms with E-state index in [1.54, 1.807) is 0 Å². The Bertz CT molecular complexity index is 896. The fourth-order valence-electron chi connectivity index (χ4n) is 3.19. The van der Waals surface area contributed by atoms with Crippen molar-refractivity contribution in [2.24, 2.45) is 0 Å². The molecule has 3 rings (SSSR count). The highest BCUT2D eigenvalue weighted by atomic mass is 32.1. The fourth-order valence-corrected chi connectivity index (χ4v) is 3.46.